The first kappa shape index (κ1) is 15.5. The summed E-state index contributed by atoms with van der Waals surface area (Å²) in [5, 5.41) is 20.2. The van der Waals surface area contributed by atoms with Crippen molar-refractivity contribution in [3.63, 3.8) is 0 Å². The molecule has 0 aliphatic carbocycles. The van der Waals surface area contributed by atoms with Gasteiger partial charge in [-0.05, 0) is 36.3 Å². The van der Waals surface area contributed by atoms with Crippen LogP contribution in [0, 0.1) is 11.3 Å². The third kappa shape index (κ3) is 3.40. The summed E-state index contributed by atoms with van der Waals surface area (Å²) in [4.78, 5) is 3.37. The lowest BCUT2D eigenvalue weighted by Gasteiger charge is -2.20. The zero-order valence-corrected chi connectivity index (χ0v) is 13.6. The molecular weight excluding hydrogens is 280 g/mol. The first-order chi connectivity index (χ1) is 10.2. The Balaban J connectivity index is 2.24. The number of aromatic nitrogens is 2. The van der Waals surface area contributed by atoms with Crippen molar-refractivity contribution in [1.29, 1.82) is 5.26 Å². The van der Waals surface area contributed by atoms with Gasteiger partial charge in [0.1, 0.15) is 11.6 Å². The average molecular weight is 300 g/mol. The first-order valence-corrected chi connectivity index (χ1v) is 8.11. The highest BCUT2D eigenvalue weighted by atomic mass is 32.1. The Morgan fingerprint density at radius 3 is 2.67 bits per heavy atom. The number of hydrogen-bond donors (Lipinski definition) is 0. The van der Waals surface area contributed by atoms with Crippen molar-refractivity contribution in [2.24, 2.45) is 0 Å². The van der Waals surface area contributed by atoms with Crippen LogP contribution in [0.15, 0.2) is 17.5 Å². The topological polar surface area (TPSA) is 52.8 Å². The molecule has 2 rings (SSSR count). The monoisotopic (exact) mass is 300 g/mol. The van der Waals surface area contributed by atoms with Crippen LogP contribution in [0.1, 0.15) is 35.5 Å². The first-order valence-electron chi connectivity index (χ1n) is 7.23. The molecule has 5 heteroatoms. The minimum Gasteiger partial charge on any atom is -0.357 e. The quantitative estimate of drug-likeness (QED) is 0.822. The van der Waals surface area contributed by atoms with E-state index in [-0.39, 0.29) is 0 Å². The molecule has 0 fully saturated rings. The molecule has 0 atom stereocenters. The lowest BCUT2D eigenvalue weighted by Crippen LogP contribution is -2.24. The van der Waals surface area contributed by atoms with Crippen molar-refractivity contribution in [2.75, 3.05) is 18.5 Å². The molecule has 0 aliphatic heterocycles. The highest BCUT2D eigenvalue weighted by Gasteiger charge is 2.17. The van der Waals surface area contributed by atoms with Gasteiger partial charge in [0.15, 0.2) is 5.82 Å². The molecule has 2 aromatic heterocycles. The summed E-state index contributed by atoms with van der Waals surface area (Å²) in [6.07, 6.45) is 2.58. The summed E-state index contributed by atoms with van der Waals surface area (Å²) in [7, 11) is 1.98. The van der Waals surface area contributed by atoms with Crippen molar-refractivity contribution in [2.45, 2.75) is 33.1 Å². The molecule has 0 bridgehead atoms. The fraction of sp³-hybridized carbons (Fsp3) is 0.438. The van der Waals surface area contributed by atoms with Crippen molar-refractivity contribution in [3.05, 3.63) is 39.2 Å². The molecule has 0 N–H and O–H groups in total. The Morgan fingerprint density at radius 2 is 2.10 bits per heavy atom. The van der Waals surface area contributed by atoms with Gasteiger partial charge in [-0.25, -0.2) is 0 Å². The molecule has 2 aromatic rings. The predicted octanol–water partition coefficient (Wildman–Crippen LogP) is 3.21. The standard InChI is InChI=1S/C16H20N4S/c1-4-13-14(11-17)16(19-18-15(13)5-2)20(3)9-8-12-7-6-10-21-12/h6-7,10H,4-5,8-9H2,1-3H3. The molecule has 0 aliphatic rings. The minimum atomic E-state index is 0.679. The number of aryl methyl sites for hydroxylation is 1. The molecule has 0 spiro atoms. The van der Waals surface area contributed by atoms with Gasteiger partial charge in [-0.3, -0.25) is 0 Å². The summed E-state index contributed by atoms with van der Waals surface area (Å²) in [6, 6.07) is 6.52. The van der Waals surface area contributed by atoms with Gasteiger partial charge in [0, 0.05) is 18.5 Å². The second-order valence-electron chi connectivity index (χ2n) is 4.89. The Hall–Kier alpha value is -1.93. The summed E-state index contributed by atoms with van der Waals surface area (Å²) in [5.41, 5.74) is 2.65. The van der Waals surface area contributed by atoms with Crippen LogP contribution in [-0.4, -0.2) is 23.8 Å². The number of hydrogen-bond acceptors (Lipinski definition) is 5. The van der Waals surface area contributed by atoms with Crippen molar-refractivity contribution >= 4 is 17.2 Å². The van der Waals surface area contributed by atoms with Crippen molar-refractivity contribution in [3.8, 4) is 6.07 Å². The molecule has 0 saturated carbocycles. The van der Waals surface area contributed by atoms with Gasteiger partial charge in [-0.15, -0.1) is 16.4 Å². The van der Waals surface area contributed by atoms with Crippen LogP contribution in [0.4, 0.5) is 5.82 Å². The van der Waals surface area contributed by atoms with Crippen LogP contribution >= 0.6 is 11.3 Å². The zero-order chi connectivity index (χ0) is 15.2. The molecule has 0 radical (unpaired) electrons. The molecule has 0 saturated heterocycles. The Bertz CT molecular complexity index is 628. The van der Waals surface area contributed by atoms with Gasteiger partial charge in [-0.1, -0.05) is 19.9 Å². The lowest BCUT2D eigenvalue weighted by molar-refractivity contribution is 0.811. The van der Waals surface area contributed by atoms with Crippen LogP contribution in [0.25, 0.3) is 0 Å². The van der Waals surface area contributed by atoms with Gasteiger partial charge in [0.05, 0.1) is 5.69 Å². The van der Waals surface area contributed by atoms with E-state index < -0.39 is 0 Å². The smallest absolute Gasteiger partial charge is 0.169 e. The van der Waals surface area contributed by atoms with E-state index in [1.807, 2.05) is 18.9 Å². The van der Waals surface area contributed by atoms with Crippen molar-refractivity contribution < 1.29 is 0 Å². The largest absolute Gasteiger partial charge is 0.357 e. The van der Waals surface area contributed by atoms with E-state index >= 15 is 0 Å². The predicted molar refractivity (Wildman–Crippen MR) is 86.8 cm³/mol. The van der Waals surface area contributed by atoms with Gasteiger partial charge in [0.2, 0.25) is 0 Å². The molecule has 0 unspecified atom stereocenters. The van der Waals surface area contributed by atoms with E-state index in [1.54, 1.807) is 11.3 Å². The van der Waals surface area contributed by atoms with Crippen LogP contribution < -0.4 is 4.90 Å². The average Bonchev–Trinajstić information content (AvgIpc) is 3.04. The number of nitriles is 1. The maximum absolute atomic E-state index is 9.51. The lowest BCUT2D eigenvalue weighted by atomic mass is 10.0. The Labute approximate surface area is 130 Å². The second kappa shape index (κ2) is 7.19. The molecule has 4 nitrogen and oxygen atoms in total. The third-order valence-electron chi connectivity index (χ3n) is 3.57. The Morgan fingerprint density at radius 1 is 1.29 bits per heavy atom. The van der Waals surface area contributed by atoms with Gasteiger partial charge in [-0.2, -0.15) is 10.4 Å². The van der Waals surface area contributed by atoms with E-state index in [1.165, 1.54) is 4.88 Å². The second-order valence-corrected chi connectivity index (χ2v) is 5.93. The minimum absolute atomic E-state index is 0.679. The maximum Gasteiger partial charge on any atom is 0.169 e. The number of rotatable bonds is 6. The number of likely N-dealkylation sites (N-methyl/N-ethyl adjacent to an activating group) is 1. The number of nitrogens with zero attached hydrogens (tertiary/aromatic N) is 4. The molecule has 2 heterocycles. The SMILES string of the molecule is CCc1nnc(N(C)CCc2cccs2)c(C#N)c1CC. The molecule has 0 amide bonds. The van der Waals surface area contributed by atoms with Gasteiger partial charge >= 0.3 is 0 Å². The zero-order valence-electron chi connectivity index (χ0n) is 12.8. The van der Waals surface area contributed by atoms with Gasteiger partial charge in [0.25, 0.3) is 0 Å². The molecule has 21 heavy (non-hydrogen) atoms. The van der Waals surface area contributed by atoms with Gasteiger partial charge < -0.3 is 4.90 Å². The fourth-order valence-corrected chi connectivity index (χ4v) is 3.08. The van der Waals surface area contributed by atoms with Crippen LogP contribution in [0.3, 0.4) is 0 Å². The summed E-state index contributed by atoms with van der Waals surface area (Å²) >= 11 is 1.76. The summed E-state index contributed by atoms with van der Waals surface area (Å²) in [6.45, 7) is 4.94. The highest BCUT2D eigenvalue weighted by Crippen LogP contribution is 2.23. The van der Waals surface area contributed by atoms with E-state index in [2.05, 4.69) is 40.7 Å². The molecular formula is C16H20N4S. The molecule has 110 valence electrons. The number of thiophene rings is 1. The van der Waals surface area contributed by atoms with E-state index in [0.29, 0.717) is 11.4 Å². The summed E-state index contributed by atoms with van der Waals surface area (Å²) < 4.78 is 0. The van der Waals surface area contributed by atoms with E-state index in [9.17, 15) is 5.26 Å². The van der Waals surface area contributed by atoms with Crippen LogP contribution in [0.5, 0.6) is 0 Å². The highest BCUT2D eigenvalue weighted by molar-refractivity contribution is 7.09. The normalized spacial score (nSPS) is 10.4. The van der Waals surface area contributed by atoms with E-state index in [0.717, 1.165) is 37.1 Å². The fourth-order valence-electron chi connectivity index (χ4n) is 2.39. The van der Waals surface area contributed by atoms with E-state index in [4.69, 9.17) is 0 Å². The number of anilines is 1. The van der Waals surface area contributed by atoms with Crippen molar-refractivity contribution in [1.82, 2.24) is 10.2 Å². The van der Waals surface area contributed by atoms with Crippen LogP contribution in [0.2, 0.25) is 0 Å². The molecule has 0 aromatic carbocycles. The third-order valence-corrected chi connectivity index (χ3v) is 4.51. The Kier molecular flexibility index (Phi) is 5.29. The summed E-state index contributed by atoms with van der Waals surface area (Å²) in [5.74, 6) is 0.697. The maximum atomic E-state index is 9.51. The van der Waals surface area contributed by atoms with Crippen LogP contribution in [-0.2, 0) is 19.3 Å².